The monoisotopic (exact) mass is 193 g/mol. The first-order valence-electron chi connectivity index (χ1n) is 4.76. The van der Waals surface area contributed by atoms with Gasteiger partial charge in [0.15, 0.2) is 11.5 Å². The number of fused-ring (bicyclic) bond motifs is 1. The third kappa shape index (κ3) is 1.81. The smallest absolute Gasteiger partial charge is 0.183 e. The fourth-order valence-corrected chi connectivity index (χ4v) is 1.06. The molecule has 0 bridgehead atoms. The fourth-order valence-electron chi connectivity index (χ4n) is 1.06. The van der Waals surface area contributed by atoms with Gasteiger partial charge in [-0.2, -0.15) is 0 Å². The molecule has 0 atom stereocenters. The average molecular weight is 193 g/mol. The molecule has 14 heavy (non-hydrogen) atoms. The molecular weight excluding hydrogens is 178 g/mol. The van der Waals surface area contributed by atoms with Crippen molar-refractivity contribution in [2.24, 2.45) is 0 Å². The number of nitrogens with two attached hydrogens (primary N) is 1. The Kier molecular flexibility index (Phi) is 3.39. The number of aryl methyl sites for hydroxylation is 1. The molecule has 0 spiro atoms. The number of aromatic amines is 1. The zero-order valence-corrected chi connectivity index (χ0v) is 8.70. The van der Waals surface area contributed by atoms with E-state index in [9.17, 15) is 0 Å². The number of hydrogen-bond acceptors (Lipinski definition) is 4. The molecule has 5 nitrogen and oxygen atoms in total. The van der Waals surface area contributed by atoms with Gasteiger partial charge in [-0.3, -0.25) is 0 Å². The molecule has 5 heteroatoms. The van der Waals surface area contributed by atoms with E-state index in [2.05, 4.69) is 19.9 Å². The molecule has 2 aromatic rings. The number of nitrogens with zero attached hydrogens (tertiary/aromatic N) is 3. The van der Waals surface area contributed by atoms with E-state index < -0.39 is 0 Å². The summed E-state index contributed by atoms with van der Waals surface area (Å²) in [5.74, 6) is 1.34. The predicted octanol–water partition coefficient (Wildman–Crippen LogP) is 1.52. The van der Waals surface area contributed by atoms with E-state index in [-0.39, 0.29) is 0 Å². The quantitative estimate of drug-likeness (QED) is 0.719. The van der Waals surface area contributed by atoms with Crippen LogP contribution in [0, 0.1) is 0 Å². The molecule has 2 heterocycles. The summed E-state index contributed by atoms with van der Waals surface area (Å²) in [7, 11) is 0. The highest BCUT2D eigenvalue weighted by Crippen LogP contribution is 2.12. The first kappa shape index (κ1) is 10.4. The van der Waals surface area contributed by atoms with Crippen LogP contribution in [0.3, 0.4) is 0 Å². The zero-order chi connectivity index (χ0) is 10.6. The Balaban J connectivity index is 0.000000461. The van der Waals surface area contributed by atoms with Crippen molar-refractivity contribution in [3.63, 3.8) is 0 Å². The molecule has 0 fully saturated rings. The van der Waals surface area contributed by atoms with Crippen molar-refractivity contribution in [3.05, 3.63) is 12.2 Å². The normalized spacial score (nSPS) is 9.64. The number of nitrogens with one attached hydrogen (secondary N) is 1. The molecule has 3 N–H and O–H groups in total. The van der Waals surface area contributed by atoms with E-state index in [0.29, 0.717) is 11.5 Å². The number of rotatable bonds is 1. The average Bonchev–Trinajstić information content (AvgIpc) is 2.65. The van der Waals surface area contributed by atoms with Gasteiger partial charge in [0.05, 0.1) is 0 Å². The first-order valence-corrected chi connectivity index (χ1v) is 4.76. The van der Waals surface area contributed by atoms with E-state index in [0.717, 1.165) is 17.8 Å². The van der Waals surface area contributed by atoms with Gasteiger partial charge in [0.25, 0.3) is 0 Å². The van der Waals surface area contributed by atoms with Gasteiger partial charge < -0.3 is 10.7 Å². The predicted molar refractivity (Wildman–Crippen MR) is 56.8 cm³/mol. The molecule has 0 radical (unpaired) electrons. The highest BCUT2D eigenvalue weighted by atomic mass is 15.0. The van der Waals surface area contributed by atoms with Crippen LogP contribution in [0.2, 0.25) is 0 Å². The first-order chi connectivity index (χ1) is 6.81. The molecular formula is C9H15N5. The van der Waals surface area contributed by atoms with Crippen LogP contribution in [0.15, 0.2) is 6.33 Å². The summed E-state index contributed by atoms with van der Waals surface area (Å²) in [6, 6.07) is 0. The van der Waals surface area contributed by atoms with Crippen molar-refractivity contribution in [2.75, 3.05) is 5.73 Å². The topological polar surface area (TPSA) is 80.5 Å². The maximum Gasteiger partial charge on any atom is 0.183 e. The van der Waals surface area contributed by atoms with Gasteiger partial charge in [0.1, 0.15) is 17.7 Å². The van der Waals surface area contributed by atoms with E-state index in [1.807, 2.05) is 20.8 Å². The largest absolute Gasteiger partial charge is 0.382 e. The summed E-state index contributed by atoms with van der Waals surface area (Å²) in [5.41, 5.74) is 6.97. The van der Waals surface area contributed by atoms with Gasteiger partial charge in [0.2, 0.25) is 0 Å². The fraction of sp³-hybridized carbons (Fsp3) is 0.444. The maximum atomic E-state index is 5.60. The molecule has 76 valence electrons. The Labute approximate surface area is 82.8 Å². The lowest BCUT2D eigenvalue weighted by Crippen LogP contribution is -1.91. The number of aromatic nitrogens is 4. The zero-order valence-electron chi connectivity index (χ0n) is 8.70. The van der Waals surface area contributed by atoms with Crippen molar-refractivity contribution in [1.29, 1.82) is 0 Å². The summed E-state index contributed by atoms with van der Waals surface area (Å²) in [6.45, 7) is 6.02. The van der Waals surface area contributed by atoms with E-state index >= 15 is 0 Å². The van der Waals surface area contributed by atoms with Gasteiger partial charge in [-0.1, -0.05) is 20.8 Å². The van der Waals surface area contributed by atoms with Crippen molar-refractivity contribution in [3.8, 4) is 0 Å². The second-order valence-electron chi connectivity index (χ2n) is 2.49. The Morgan fingerprint density at radius 2 is 2.07 bits per heavy atom. The molecule has 0 aliphatic heterocycles. The number of hydrogen-bond donors (Lipinski definition) is 2. The molecule has 0 saturated heterocycles. The summed E-state index contributed by atoms with van der Waals surface area (Å²) in [4.78, 5) is 15.1. The lowest BCUT2D eigenvalue weighted by atomic mass is 10.5. The van der Waals surface area contributed by atoms with Gasteiger partial charge >= 0.3 is 0 Å². The van der Waals surface area contributed by atoms with Crippen LogP contribution in [0.25, 0.3) is 11.2 Å². The van der Waals surface area contributed by atoms with E-state index in [1.54, 1.807) is 0 Å². The lowest BCUT2D eigenvalue weighted by Gasteiger charge is -1.89. The Bertz CT molecular complexity index is 406. The molecule has 0 aromatic carbocycles. The minimum Gasteiger partial charge on any atom is -0.382 e. The maximum absolute atomic E-state index is 5.60. The van der Waals surface area contributed by atoms with Crippen LogP contribution in [-0.4, -0.2) is 19.9 Å². The minimum atomic E-state index is 0.451. The van der Waals surface area contributed by atoms with E-state index in [4.69, 9.17) is 5.73 Å². The van der Waals surface area contributed by atoms with Gasteiger partial charge in [-0.05, 0) is 0 Å². The van der Waals surface area contributed by atoms with Crippen molar-refractivity contribution in [1.82, 2.24) is 19.9 Å². The highest BCUT2D eigenvalue weighted by molar-refractivity contribution is 5.80. The summed E-state index contributed by atoms with van der Waals surface area (Å²) < 4.78 is 0. The van der Waals surface area contributed by atoms with Gasteiger partial charge in [-0.15, -0.1) is 0 Å². The molecule has 0 amide bonds. The van der Waals surface area contributed by atoms with Crippen LogP contribution < -0.4 is 5.73 Å². The van der Waals surface area contributed by atoms with Gasteiger partial charge in [0, 0.05) is 6.42 Å². The van der Waals surface area contributed by atoms with Crippen LogP contribution in [-0.2, 0) is 6.42 Å². The molecule has 2 rings (SSSR count). The standard InChI is InChI=1S/C7H9N5.C2H6/c1-2-4-11-5-6(8)9-3-10-7(5)12-4;1-2/h3H,2H2,1H3,(H3,8,9,10,11,12);1-2H3. The highest BCUT2D eigenvalue weighted by Gasteiger charge is 2.04. The molecule has 2 aromatic heterocycles. The van der Waals surface area contributed by atoms with Crippen LogP contribution >= 0.6 is 0 Å². The van der Waals surface area contributed by atoms with E-state index in [1.165, 1.54) is 6.33 Å². The SMILES string of the molecule is CC.CCc1nc2ncnc(N)c2[nH]1. The number of nitrogen functional groups attached to an aromatic ring is 1. The van der Waals surface area contributed by atoms with Gasteiger partial charge in [-0.25, -0.2) is 15.0 Å². The minimum absolute atomic E-state index is 0.451. The second kappa shape index (κ2) is 4.55. The van der Waals surface area contributed by atoms with Crippen molar-refractivity contribution >= 4 is 17.0 Å². The lowest BCUT2D eigenvalue weighted by molar-refractivity contribution is 0.997. The van der Waals surface area contributed by atoms with Crippen LogP contribution in [0.5, 0.6) is 0 Å². The Morgan fingerprint density at radius 1 is 1.36 bits per heavy atom. The third-order valence-electron chi connectivity index (χ3n) is 1.70. The number of imidazole rings is 1. The summed E-state index contributed by atoms with van der Waals surface area (Å²) in [5, 5.41) is 0. The van der Waals surface area contributed by atoms with Crippen LogP contribution in [0.4, 0.5) is 5.82 Å². The van der Waals surface area contributed by atoms with Crippen molar-refractivity contribution in [2.45, 2.75) is 27.2 Å². The summed E-state index contributed by atoms with van der Waals surface area (Å²) >= 11 is 0. The van der Waals surface area contributed by atoms with Crippen LogP contribution in [0.1, 0.15) is 26.6 Å². The molecule has 0 aliphatic carbocycles. The van der Waals surface area contributed by atoms with Crippen molar-refractivity contribution < 1.29 is 0 Å². The Hall–Kier alpha value is -1.65. The second-order valence-corrected chi connectivity index (χ2v) is 2.49. The molecule has 0 aliphatic rings. The number of anilines is 1. The molecule has 0 unspecified atom stereocenters. The third-order valence-corrected chi connectivity index (χ3v) is 1.70. The number of H-pyrrole nitrogens is 1. The Morgan fingerprint density at radius 3 is 2.64 bits per heavy atom. The summed E-state index contributed by atoms with van der Waals surface area (Å²) in [6.07, 6.45) is 2.26. The molecule has 0 saturated carbocycles.